The maximum atomic E-state index is 13.2. The van der Waals surface area contributed by atoms with Gasteiger partial charge in [-0.3, -0.25) is 10.1 Å². The SMILES string of the molecule is Cc1ccc(-c2ccc(Cl)cc2)c(C(=O)Nc2ccc(OCCc3csc(NC(=O)OC(C)(C)C)n3)cc2)c1. The first-order valence-corrected chi connectivity index (χ1v) is 13.7. The second-order valence-corrected chi connectivity index (χ2v) is 11.2. The third-order valence-electron chi connectivity index (χ3n) is 5.47. The number of carbonyl (C=O) groups excluding carboxylic acids is 2. The number of carbonyl (C=O) groups is 2. The molecule has 0 radical (unpaired) electrons. The van der Waals surface area contributed by atoms with Gasteiger partial charge in [-0.25, -0.2) is 9.78 Å². The number of nitrogens with zero attached hydrogens (tertiary/aromatic N) is 1. The number of nitrogens with one attached hydrogen (secondary N) is 2. The molecule has 0 spiro atoms. The summed E-state index contributed by atoms with van der Waals surface area (Å²) < 4.78 is 11.1. The molecule has 39 heavy (non-hydrogen) atoms. The number of halogens is 1. The van der Waals surface area contributed by atoms with Gasteiger partial charge in [-0.2, -0.15) is 0 Å². The van der Waals surface area contributed by atoms with Crippen molar-refractivity contribution < 1.29 is 19.1 Å². The summed E-state index contributed by atoms with van der Waals surface area (Å²) in [5.41, 5.74) is 4.23. The molecule has 1 aromatic heterocycles. The van der Waals surface area contributed by atoms with Gasteiger partial charge in [0.25, 0.3) is 5.91 Å². The monoisotopic (exact) mass is 563 g/mol. The average Bonchev–Trinajstić information content (AvgIpc) is 3.31. The third kappa shape index (κ3) is 8.30. The van der Waals surface area contributed by atoms with Crippen molar-refractivity contribution in [3.05, 3.63) is 94.0 Å². The van der Waals surface area contributed by atoms with E-state index in [1.54, 1.807) is 32.9 Å². The van der Waals surface area contributed by atoms with Crippen LogP contribution < -0.4 is 15.4 Å². The molecular formula is C30H30ClN3O4S. The fourth-order valence-electron chi connectivity index (χ4n) is 3.70. The molecule has 2 amide bonds. The predicted octanol–water partition coefficient (Wildman–Crippen LogP) is 7.99. The van der Waals surface area contributed by atoms with Crippen molar-refractivity contribution in [2.75, 3.05) is 17.2 Å². The van der Waals surface area contributed by atoms with Gasteiger partial charge in [0.2, 0.25) is 0 Å². The Labute approximate surface area is 237 Å². The standard InChI is InChI=1S/C30H30ClN3O4S/c1-19-5-14-25(20-6-8-21(31)9-7-20)26(17-19)27(35)32-22-10-12-24(13-11-22)37-16-15-23-18-39-28(33-23)34-29(36)38-30(2,3)4/h5-14,17-18H,15-16H2,1-4H3,(H,32,35)(H,33,34,36). The summed E-state index contributed by atoms with van der Waals surface area (Å²) in [4.78, 5) is 29.5. The highest BCUT2D eigenvalue weighted by Crippen LogP contribution is 2.27. The number of benzene rings is 3. The van der Waals surface area contributed by atoms with Crippen LogP contribution in [-0.2, 0) is 11.2 Å². The number of amides is 2. The minimum atomic E-state index is -0.572. The number of rotatable bonds is 8. The van der Waals surface area contributed by atoms with Crippen LogP contribution in [0.4, 0.5) is 15.6 Å². The second kappa shape index (κ2) is 12.3. The number of hydrogen-bond acceptors (Lipinski definition) is 6. The summed E-state index contributed by atoms with van der Waals surface area (Å²) in [5.74, 6) is 0.476. The Kier molecular flexibility index (Phi) is 8.89. The third-order valence-corrected chi connectivity index (χ3v) is 6.53. The fourth-order valence-corrected chi connectivity index (χ4v) is 4.56. The maximum absolute atomic E-state index is 13.2. The molecule has 3 aromatic carbocycles. The van der Waals surface area contributed by atoms with E-state index < -0.39 is 11.7 Å². The van der Waals surface area contributed by atoms with Crippen molar-refractivity contribution in [2.45, 2.75) is 39.7 Å². The quantitative estimate of drug-likeness (QED) is 0.227. The van der Waals surface area contributed by atoms with Gasteiger partial charge in [-0.05, 0) is 81.3 Å². The minimum absolute atomic E-state index is 0.198. The average molecular weight is 564 g/mol. The smallest absolute Gasteiger partial charge is 0.413 e. The Bertz CT molecular complexity index is 1440. The Balaban J connectivity index is 1.31. The topological polar surface area (TPSA) is 89.6 Å². The molecule has 0 saturated carbocycles. The Morgan fingerprint density at radius 2 is 1.69 bits per heavy atom. The van der Waals surface area contributed by atoms with Crippen molar-refractivity contribution in [1.82, 2.24) is 4.98 Å². The van der Waals surface area contributed by atoms with Crippen LogP contribution in [0.15, 0.2) is 72.1 Å². The largest absolute Gasteiger partial charge is 0.493 e. The zero-order valence-electron chi connectivity index (χ0n) is 22.2. The Morgan fingerprint density at radius 3 is 2.38 bits per heavy atom. The predicted molar refractivity (Wildman–Crippen MR) is 157 cm³/mol. The zero-order chi connectivity index (χ0) is 28.0. The van der Waals surface area contributed by atoms with E-state index in [0.717, 1.165) is 22.4 Å². The summed E-state index contributed by atoms with van der Waals surface area (Å²) in [6.45, 7) is 7.79. The minimum Gasteiger partial charge on any atom is -0.493 e. The van der Waals surface area contributed by atoms with Crippen LogP contribution in [0.1, 0.15) is 42.4 Å². The van der Waals surface area contributed by atoms with Crippen LogP contribution in [0.5, 0.6) is 5.75 Å². The van der Waals surface area contributed by atoms with Gasteiger partial charge in [0.1, 0.15) is 11.4 Å². The van der Waals surface area contributed by atoms with Crippen LogP contribution in [0.2, 0.25) is 5.02 Å². The Hall–Kier alpha value is -3.88. The molecule has 4 rings (SSSR count). The maximum Gasteiger partial charge on any atom is 0.413 e. The van der Waals surface area contributed by atoms with Gasteiger partial charge in [-0.15, -0.1) is 11.3 Å². The van der Waals surface area contributed by atoms with Crippen molar-refractivity contribution in [3.8, 4) is 16.9 Å². The van der Waals surface area contributed by atoms with E-state index in [2.05, 4.69) is 15.6 Å². The first-order valence-electron chi connectivity index (χ1n) is 12.4. The fraction of sp³-hybridized carbons (Fsp3) is 0.233. The molecule has 0 saturated heterocycles. The highest BCUT2D eigenvalue weighted by molar-refractivity contribution is 7.13. The molecule has 1 heterocycles. The normalized spacial score (nSPS) is 11.1. The molecule has 0 bridgehead atoms. The number of anilines is 2. The van der Waals surface area contributed by atoms with E-state index in [4.69, 9.17) is 21.1 Å². The van der Waals surface area contributed by atoms with Gasteiger partial charge in [-0.1, -0.05) is 41.4 Å². The number of aromatic nitrogens is 1. The molecular weight excluding hydrogens is 534 g/mol. The van der Waals surface area contributed by atoms with E-state index in [1.165, 1.54) is 11.3 Å². The summed E-state index contributed by atoms with van der Waals surface area (Å²) >= 11 is 7.37. The van der Waals surface area contributed by atoms with Crippen LogP contribution in [-0.4, -0.2) is 29.2 Å². The van der Waals surface area contributed by atoms with Gasteiger partial charge in [0, 0.05) is 28.1 Å². The molecule has 4 aromatic rings. The lowest BCUT2D eigenvalue weighted by Crippen LogP contribution is -2.27. The van der Waals surface area contributed by atoms with E-state index in [0.29, 0.717) is 40.2 Å². The lowest BCUT2D eigenvalue weighted by Gasteiger charge is -2.18. The molecule has 0 unspecified atom stereocenters. The van der Waals surface area contributed by atoms with E-state index in [1.807, 2.05) is 66.9 Å². The number of ether oxygens (including phenoxy) is 2. The van der Waals surface area contributed by atoms with E-state index >= 15 is 0 Å². The van der Waals surface area contributed by atoms with Gasteiger partial charge >= 0.3 is 6.09 Å². The second-order valence-electron chi connectivity index (χ2n) is 9.90. The van der Waals surface area contributed by atoms with Crippen molar-refractivity contribution in [2.24, 2.45) is 0 Å². The summed E-state index contributed by atoms with van der Waals surface area (Å²) in [7, 11) is 0. The molecule has 0 aliphatic heterocycles. The highest BCUT2D eigenvalue weighted by atomic mass is 35.5. The molecule has 0 atom stereocenters. The van der Waals surface area contributed by atoms with Gasteiger partial charge in [0.05, 0.1) is 12.3 Å². The molecule has 202 valence electrons. The number of thiazole rings is 1. The van der Waals surface area contributed by atoms with Gasteiger partial charge < -0.3 is 14.8 Å². The number of hydrogen-bond donors (Lipinski definition) is 2. The Morgan fingerprint density at radius 1 is 0.974 bits per heavy atom. The summed E-state index contributed by atoms with van der Waals surface area (Å²) in [6.07, 6.45) is 0.0432. The first-order chi connectivity index (χ1) is 18.6. The number of aryl methyl sites for hydroxylation is 1. The lowest BCUT2D eigenvalue weighted by atomic mass is 9.97. The molecule has 7 nitrogen and oxygen atoms in total. The first kappa shape index (κ1) is 28.1. The lowest BCUT2D eigenvalue weighted by molar-refractivity contribution is 0.0635. The molecule has 0 fully saturated rings. The zero-order valence-corrected chi connectivity index (χ0v) is 23.8. The van der Waals surface area contributed by atoms with Crippen LogP contribution in [0, 0.1) is 6.92 Å². The van der Waals surface area contributed by atoms with E-state index in [9.17, 15) is 9.59 Å². The van der Waals surface area contributed by atoms with Crippen molar-refractivity contribution >= 4 is 45.8 Å². The molecule has 0 aliphatic rings. The molecule has 2 N–H and O–H groups in total. The van der Waals surface area contributed by atoms with Gasteiger partial charge in [0.15, 0.2) is 5.13 Å². The van der Waals surface area contributed by atoms with Crippen molar-refractivity contribution in [3.63, 3.8) is 0 Å². The van der Waals surface area contributed by atoms with Crippen molar-refractivity contribution in [1.29, 1.82) is 0 Å². The van der Waals surface area contributed by atoms with Crippen LogP contribution in [0.3, 0.4) is 0 Å². The summed E-state index contributed by atoms with van der Waals surface area (Å²) in [6, 6.07) is 20.5. The van der Waals surface area contributed by atoms with Crippen LogP contribution in [0.25, 0.3) is 11.1 Å². The van der Waals surface area contributed by atoms with Crippen LogP contribution >= 0.6 is 22.9 Å². The molecule has 9 heteroatoms. The molecule has 0 aliphatic carbocycles. The van der Waals surface area contributed by atoms with E-state index in [-0.39, 0.29) is 5.91 Å². The highest BCUT2D eigenvalue weighted by Gasteiger charge is 2.17. The summed E-state index contributed by atoms with van der Waals surface area (Å²) in [5, 5.41) is 8.61.